The first-order valence-corrected chi connectivity index (χ1v) is 12.8. The standard InChI is InChI=1S/C23H27FN6O3S/c1-13(2)30-14(3)27-23-18(24)7-15(8-20(23)30)17-9-22(26-11-16(17)10-25)28-19-5-6-29(12-21(19)31)34(4,32)33/h7-9,11,13,19,21,31H,5-6,12H2,1-4H3,(H,26,28)/t19-,21-/m1/s1. The zero-order valence-electron chi connectivity index (χ0n) is 19.4. The fourth-order valence-electron chi connectivity index (χ4n) is 4.50. The van der Waals surface area contributed by atoms with Crippen molar-refractivity contribution in [2.45, 2.75) is 45.4 Å². The first kappa shape index (κ1) is 24.1. The van der Waals surface area contributed by atoms with E-state index in [-0.39, 0.29) is 30.2 Å². The van der Waals surface area contributed by atoms with E-state index in [0.717, 1.165) is 6.26 Å². The number of nitriles is 1. The molecule has 1 fully saturated rings. The molecule has 1 aliphatic heterocycles. The van der Waals surface area contributed by atoms with Crippen molar-refractivity contribution in [3.05, 3.63) is 41.6 Å². The molecular formula is C23H27FN6O3S. The molecule has 3 heterocycles. The highest BCUT2D eigenvalue weighted by Crippen LogP contribution is 2.32. The fourth-order valence-corrected chi connectivity index (χ4v) is 5.36. The number of nitrogens with zero attached hydrogens (tertiary/aromatic N) is 5. The summed E-state index contributed by atoms with van der Waals surface area (Å²) in [5, 5.41) is 23.3. The van der Waals surface area contributed by atoms with Gasteiger partial charge in [0.25, 0.3) is 0 Å². The molecule has 0 amide bonds. The lowest BCUT2D eigenvalue weighted by atomic mass is 10.00. The van der Waals surface area contributed by atoms with Crippen LogP contribution < -0.4 is 5.32 Å². The van der Waals surface area contributed by atoms with Gasteiger partial charge in [-0.3, -0.25) is 0 Å². The number of nitrogens with one attached hydrogen (secondary N) is 1. The molecule has 0 bridgehead atoms. The summed E-state index contributed by atoms with van der Waals surface area (Å²) in [4.78, 5) is 8.64. The van der Waals surface area contributed by atoms with Gasteiger partial charge in [-0.1, -0.05) is 0 Å². The minimum absolute atomic E-state index is 0.0138. The minimum atomic E-state index is -3.39. The summed E-state index contributed by atoms with van der Waals surface area (Å²) in [6.07, 6.45) is 1.98. The van der Waals surface area contributed by atoms with Gasteiger partial charge in [0.2, 0.25) is 10.0 Å². The van der Waals surface area contributed by atoms with Gasteiger partial charge < -0.3 is 15.0 Å². The summed E-state index contributed by atoms with van der Waals surface area (Å²) in [5.74, 6) is 0.627. The number of β-amino-alcohol motifs (C(OH)–C–C–N with tert-alkyl or cyclic N) is 1. The summed E-state index contributed by atoms with van der Waals surface area (Å²) in [5.41, 5.74) is 2.21. The molecule has 0 saturated carbocycles. The van der Waals surface area contributed by atoms with E-state index in [1.807, 2.05) is 31.4 Å². The number of aliphatic hydroxyl groups excluding tert-OH is 1. The highest BCUT2D eigenvalue weighted by Gasteiger charge is 2.32. The summed E-state index contributed by atoms with van der Waals surface area (Å²) < 4.78 is 41.7. The number of aryl methyl sites for hydroxylation is 1. The molecule has 1 aromatic carbocycles. The molecule has 0 aliphatic carbocycles. The van der Waals surface area contributed by atoms with Crippen molar-refractivity contribution >= 4 is 26.9 Å². The van der Waals surface area contributed by atoms with Gasteiger partial charge in [-0.15, -0.1) is 0 Å². The van der Waals surface area contributed by atoms with Gasteiger partial charge >= 0.3 is 0 Å². The minimum Gasteiger partial charge on any atom is -0.390 e. The Bertz CT molecular complexity index is 1400. The lowest BCUT2D eigenvalue weighted by molar-refractivity contribution is 0.0952. The van der Waals surface area contributed by atoms with Crippen molar-refractivity contribution in [3.8, 4) is 17.2 Å². The number of anilines is 1. The number of hydrogen-bond donors (Lipinski definition) is 2. The number of hydrogen-bond acceptors (Lipinski definition) is 7. The van der Waals surface area contributed by atoms with Crippen molar-refractivity contribution in [2.75, 3.05) is 24.7 Å². The molecule has 2 N–H and O–H groups in total. The number of halogens is 1. The zero-order valence-corrected chi connectivity index (χ0v) is 20.3. The number of imidazole rings is 1. The predicted octanol–water partition coefficient (Wildman–Crippen LogP) is 2.81. The predicted molar refractivity (Wildman–Crippen MR) is 127 cm³/mol. The van der Waals surface area contributed by atoms with Crippen LogP contribution in [0.15, 0.2) is 24.4 Å². The highest BCUT2D eigenvalue weighted by molar-refractivity contribution is 7.88. The van der Waals surface area contributed by atoms with Crippen LogP contribution in [-0.2, 0) is 10.0 Å². The molecule has 4 rings (SSSR count). The maximum atomic E-state index is 15.0. The van der Waals surface area contributed by atoms with E-state index in [4.69, 9.17) is 0 Å². The third-order valence-corrected chi connectivity index (χ3v) is 7.39. The van der Waals surface area contributed by atoms with Crippen LogP contribution in [-0.4, -0.2) is 63.9 Å². The van der Waals surface area contributed by atoms with Crippen molar-refractivity contribution in [1.82, 2.24) is 18.8 Å². The average Bonchev–Trinajstić information content (AvgIpc) is 3.11. The van der Waals surface area contributed by atoms with Gasteiger partial charge in [-0.25, -0.2) is 22.8 Å². The summed E-state index contributed by atoms with van der Waals surface area (Å²) in [6.45, 7) is 6.08. The Kier molecular flexibility index (Phi) is 6.33. The molecule has 0 radical (unpaired) electrons. The van der Waals surface area contributed by atoms with Crippen LogP contribution in [0.2, 0.25) is 0 Å². The van der Waals surface area contributed by atoms with Gasteiger partial charge in [-0.2, -0.15) is 9.57 Å². The largest absolute Gasteiger partial charge is 0.390 e. The van der Waals surface area contributed by atoms with Gasteiger partial charge in [0.15, 0.2) is 5.82 Å². The Hall–Kier alpha value is -3.07. The number of rotatable bonds is 5. The smallest absolute Gasteiger partial charge is 0.211 e. The number of aliphatic hydroxyl groups is 1. The molecule has 180 valence electrons. The van der Waals surface area contributed by atoms with E-state index in [0.29, 0.717) is 34.7 Å². The molecule has 2 atom stereocenters. The molecule has 0 unspecified atom stereocenters. The number of pyridine rings is 1. The second-order valence-corrected chi connectivity index (χ2v) is 10.9. The van der Waals surface area contributed by atoms with Crippen LogP contribution in [0.3, 0.4) is 0 Å². The van der Waals surface area contributed by atoms with E-state index in [9.17, 15) is 18.8 Å². The zero-order chi connectivity index (χ0) is 24.8. The highest BCUT2D eigenvalue weighted by atomic mass is 32.2. The van der Waals surface area contributed by atoms with Crippen LogP contribution in [0.5, 0.6) is 0 Å². The summed E-state index contributed by atoms with van der Waals surface area (Å²) in [7, 11) is -3.39. The lowest BCUT2D eigenvalue weighted by Crippen LogP contribution is -2.51. The van der Waals surface area contributed by atoms with Gasteiger partial charge in [0.05, 0.1) is 29.5 Å². The Labute approximate surface area is 197 Å². The molecule has 1 saturated heterocycles. The number of benzene rings is 1. The number of piperidine rings is 1. The van der Waals surface area contributed by atoms with Crippen molar-refractivity contribution < 1.29 is 17.9 Å². The Balaban J connectivity index is 1.70. The normalized spacial score (nSPS) is 19.5. The van der Waals surface area contributed by atoms with Crippen LogP contribution in [0, 0.1) is 24.1 Å². The van der Waals surface area contributed by atoms with Crippen LogP contribution in [0.25, 0.3) is 22.2 Å². The van der Waals surface area contributed by atoms with Crippen molar-refractivity contribution in [3.63, 3.8) is 0 Å². The lowest BCUT2D eigenvalue weighted by Gasteiger charge is -2.35. The van der Waals surface area contributed by atoms with Crippen LogP contribution in [0.1, 0.15) is 37.7 Å². The topological polar surface area (TPSA) is 124 Å². The third kappa shape index (κ3) is 4.49. The van der Waals surface area contributed by atoms with E-state index in [2.05, 4.69) is 21.4 Å². The van der Waals surface area contributed by atoms with Crippen molar-refractivity contribution in [1.29, 1.82) is 5.26 Å². The summed E-state index contributed by atoms with van der Waals surface area (Å²) >= 11 is 0. The molecule has 2 aromatic heterocycles. The number of fused-ring (bicyclic) bond motifs is 1. The first-order chi connectivity index (χ1) is 16.0. The Morgan fingerprint density at radius 3 is 2.68 bits per heavy atom. The molecule has 3 aromatic rings. The quantitative estimate of drug-likeness (QED) is 0.568. The van der Waals surface area contributed by atoms with E-state index in [1.165, 1.54) is 16.6 Å². The molecule has 11 heteroatoms. The van der Waals surface area contributed by atoms with Crippen LogP contribution in [0.4, 0.5) is 10.2 Å². The fraction of sp³-hybridized carbons (Fsp3) is 0.435. The van der Waals surface area contributed by atoms with Crippen molar-refractivity contribution in [2.24, 2.45) is 0 Å². The maximum Gasteiger partial charge on any atom is 0.211 e. The Morgan fingerprint density at radius 2 is 2.06 bits per heavy atom. The number of aromatic nitrogens is 3. The molecule has 9 nitrogen and oxygen atoms in total. The van der Waals surface area contributed by atoms with Gasteiger partial charge in [0, 0.05) is 30.9 Å². The third-order valence-electron chi connectivity index (χ3n) is 6.12. The second kappa shape index (κ2) is 8.94. The monoisotopic (exact) mass is 486 g/mol. The second-order valence-electron chi connectivity index (χ2n) is 8.90. The molecule has 0 spiro atoms. The van der Waals surface area contributed by atoms with Gasteiger partial charge in [0.1, 0.15) is 23.2 Å². The molecule has 34 heavy (non-hydrogen) atoms. The first-order valence-electron chi connectivity index (χ1n) is 11.0. The summed E-state index contributed by atoms with van der Waals surface area (Å²) in [6, 6.07) is 6.59. The van der Waals surface area contributed by atoms with E-state index >= 15 is 4.39 Å². The molecular weight excluding hydrogens is 459 g/mol. The number of sulfonamides is 1. The van der Waals surface area contributed by atoms with E-state index in [1.54, 1.807) is 6.07 Å². The SMILES string of the molecule is Cc1nc2c(F)cc(-c3cc(N[C@@H]4CCN(S(C)(=O)=O)C[C@H]4O)ncc3C#N)cc2n1C(C)C. The Morgan fingerprint density at radius 1 is 1.32 bits per heavy atom. The average molecular weight is 487 g/mol. The maximum absolute atomic E-state index is 15.0. The van der Waals surface area contributed by atoms with E-state index < -0.39 is 28.0 Å². The van der Waals surface area contributed by atoms with Crippen LogP contribution >= 0.6 is 0 Å². The molecule has 1 aliphatic rings. The van der Waals surface area contributed by atoms with Gasteiger partial charge in [-0.05, 0) is 51.0 Å².